The Hall–Kier alpha value is -0.580. The van der Waals surface area contributed by atoms with Crippen molar-refractivity contribution in [3.63, 3.8) is 0 Å². The molecule has 1 aliphatic rings. The highest BCUT2D eigenvalue weighted by molar-refractivity contribution is 9.10. The predicted molar refractivity (Wildman–Crippen MR) is 79.2 cm³/mol. The summed E-state index contributed by atoms with van der Waals surface area (Å²) in [7, 11) is 0. The Morgan fingerprint density at radius 2 is 2.22 bits per heavy atom. The van der Waals surface area contributed by atoms with Crippen LogP contribution in [-0.4, -0.2) is 36.4 Å². The molecule has 0 saturated carbocycles. The third-order valence-electron chi connectivity index (χ3n) is 3.60. The molecule has 0 aromatic heterocycles. The maximum atomic E-state index is 9.59. The summed E-state index contributed by atoms with van der Waals surface area (Å²) < 4.78 is 1.12. The molecule has 0 radical (unpaired) electrons. The predicted octanol–water partition coefficient (Wildman–Crippen LogP) is 2.31. The van der Waals surface area contributed by atoms with Gasteiger partial charge in [-0.05, 0) is 38.5 Å². The molecule has 2 rings (SSSR count). The first-order valence-electron chi connectivity index (χ1n) is 6.33. The van der Waals surface area contributed by atoms with Crippen molar-refractivity contribution in [2.45, 2.75) is 32.4 Å². The SMILES string of the molecule is Cc1ccc(N2C(CO)CNCC2(C)C)cc1Br. The van der Waals surface area contributed by atoms with Gasteiger partial charge in [0.05, 0.1) is 12.6 Å². The molecule has 2 N–H and O–H groups in total. The minimum Gasteiger partial charge on any atom is -0.394 e. The Morgan fingerprint density at radius 3 is 2.83 bits per heavy atom. The van der Waals surface area contributed by atoms with E-state index in [0.29, 0.717) is 0 Å². The van der Waals surface area contributed by atoms with E-state index in [-0.39, 0.29) is 18.2 Å². The normalized spacial score (nSPS) is 23.2. The molecule has 18 heavy (non-hydrogen) atoms. The van der Waals surface area contributed by atoms with Gasteiger partial charge < -0.3 is 15.3 Å². The second kappa shape index (κ2) is 5.19. The average Bonchev–Trinajstić information content (AvgIpc) is 2.31. The van der Waals surface area contributed by atoms with Crippen LogP contribution >= 0.6 is 15.9 Å². The van der Waals surface area contributed by atoms with Crippen molar-refractivity contribution < 1.29 is 5.11 Å². The zero-order valence-electron chi connectivity index (χ0n) is 11.2. The molecule has 1 aliphatic heterocycles. The van der Waals surface area contributed by atoms with Crippen molar-refractivity contribution in [1.29, 1.82) is 0 Å². The highest BCUT2D eigenvalue weighted by Gasteiger charge is 2.36. The molecule has 1 aromatic rings. The molecule has 1 aromatic carbocycles. The number of hydrogen-bond acceptors (Lipinski definition) is 3. The van der Waals surface area contributed by atoms with Crippen LogP contribution in [0.3, 0.4) is 0 Å². The molecule has 0 bridgehead atoms. The van der Waals surface area contributed by atoms with Gasteiger partial charge in [-0.25, -0.2) is 0 Å². The monoisotopic (exact) mass is 312 g/mol. The van der Waals surface area contributed by atoms with Gasteiger partial charge in [0.25, 0.3) is 0 Å². The van der Waals surface area contributed by atoms with Crippen LogP contribution in [0.1, 0.15) is 19.4 Å². The van der Waals surface area contributed by atoms with Crippen molar-refractivity contribution in [2.75, 3.05) is 24.6 Å². The molecular formula is C14H21BrN2O. The van der Waals surface area contributed by atoms with Gasteiger partial charge in [0.1, 0.15) is 0 Å². The molecule has 0 aliphatic carbocycles. The van der Waals surface area contributed by atoms with E-state index in [1.807, 2.05) is 0 Å². The maximum Gasteiger partial charge on any atom is 0.0651 e. The summed E-state index contributed by atoms with van der Waals surface area (Å²) in [6.45, 7) is 8.41. The van der Waals surface area contributed by atoms with Crippen LogP contribution in [0.2, 0.25) is 0 Å². The molecular weight excluding hydrogens is 292 g/mol. The fourth-order valence-electron chi connectivity index (χ4n) is 2.65. The zero-order valence-corrected chi connectivity index (χ0v) is 12.8. The molecule has 0 amide bonds. The number of aliphatic hydroxyl groups is 1. The number of nitrogens with one attached hydrogen (secondary N) is 1. The topological polar surface area (TPSA) is 35.5 Å². The van der Waals surface area contributed by atoms with Crippen LogP contribution in [0, 0.1) is 6.92 Å². The van der Waals surface area contributed by atoms with Gasteiger partial charge in [-0.15, -0.1) is 0 Å². The van der Waals surface area contributed by atoms with Crippen molar-refractivity contribution >= 4 is 21.6 Å². The van der Waals surface area contributed by atoms with E-state index in [1.54, 1.807) is 0 Å². The maximum absolute atomic E-state index is 9.59. The van der Waals surface area contributed by atoms with Crippen molar-refractivity contribution in [3.05, 3.63) is 28.2 Å². The molecule has 1 saturated heterocycles. The van der Waals surface area contributed by atoms with Crippen LogP contribution in [0.5, 0.6) is 0 Å². The van der Waals surface area contributed by atoms with Crippen LogP contribution in [0.15, 0.2) is 22.7 Å². The summed E-state index contributed by atoms with van der Waals surface area (Å²) in [4.78, 5) is 2.33. The van der Waals surface area contributed by atoms with Gasteiger partial charge in [-0.1, -0.05) is 22.0 Å². The first-order valence-corrected chi connectivity index (χ1v) is 7.12. The first kappa shape index (κ1) is 13.8. The summed E-state index contributed by atoms with van der Waals surface area (Å²) in [5.41, 5.74) is 2.39. The van der Waals surface area contributed by atoms with E-state index in [4.69, 9.17) is 0 Å². The summed E-state index contributed by atoms with van der Waals surface area (Å²) in [5, 5.41) is 13.0. The Morgan fingerprint density at radius 1 is 1.50 bits per heavy atom. The molecule has 1 heterocycles. The minimum atomic E-state index is 0.000342. The lowest BCUT2D eigenvalue weighted by Crippen LogP contribution is -2.64. The second-order valence-corrected chi connectivity index (χ2v) is 6.44. The molecule has 0 spiro atoms. The third-order valence-corrected chi connectivity index (χ3v) is 4.45. The molecule has 1 atom stereocenters. The summed E-state index contributed by atoms with van der Waals surface area (Å²) >= 11 is 3.59. The summed E-state index contributed by atoms with van der Waals surface area (Å²) in [6, 6.07) is 6.52. The Kier molecular flexibility index (Phi) is 3.99. The van der Waals surface area contributed by atoms with E-state index in [1.165, 1.54) is 5.56 Å². The first-order chi connectivity index (χ1) is 8.45. The lowest BCUT2D eigenvalue weighted by atomic mass is 9.95. The fourth-order valence-corrected chi connectivity index (χ4v) is 3.02. The number of aryl methyl sites for hydroxylation is 1. The van der Waals surface area contributed by atoms with Gasteiger partial charge in [0, 0.05) is 28.8 Å². The average molecular weight is 313 g/mol. The molecule has 1 fully saturated rings. The van der Waals surface area contributed by atoms with Crippen molar-refractivity contribution in [2.24, 2.45) is 0 Å². The molecule has 1 unspecified atom stereocenters. The van der Waals surface area contributed by atoms with Crippen LogP contribution < -0.4 is 10.2 Å². The van der Waals surface area contributed by atoms with Crippen LogP contribution in [0.4, 0.5) is 5.69 Å². The van der Waals surface area contributed by atoms with Gasteiger partial charge >= 0.3 is 0 Å². The lowest BCUT2D eigenvalue weighted by Gasteiger charge is -2.49. The highest BCUT2D eigenvalue weighted by Crippen LogP contribution is 2.31. The van der Waals surface area contributed by atoms with Gasteiger partial charge in [-0.2, -0.15) is 0 Å². The summed E-state index contributed by atoms with van der Waals surface area (Å²) in [5.74, 6) is 0. The number of piperazine rings is 1. The number of anilines is 1. The second-order valence-electron chi connectivity index (χ2n) is 5.58. The van der Waals surface area contributed by atoms with Gasteiger partial charge in [-0.3, -0.25) is 0 Å². The summed E-state index contributed by atoms with van der Waals surface area (Å²) in [6.07, 6.45) is 0. The van der Waals surface area contributed by atoms with Crippen molar-refractivity contribution in [1.82, 2.24) is 5.32 Å². The van der Waals surface area contributed by atoms with E-state index in [0.717, 1.165) is 23.2 Å². The number of nitrogens with zero attached hydrogens (tertiary/aromatic N) is 1. The fraction of sp³-hybridized carbons (Fsp3) is 0.571. The number of benzene rings is 1. The standard InChI is InChI=1S/C14H21BrN2O/c1-10-4-5-11(6-13(10)15)17-12(8-18)7-16-9-14(17,2)3/h4-6,12,16,18H,7-9H2,1-3H3. The minimum absolute atomic E-state index is 0.000342. The molecule has 3 nitrogen and oxygen atoms in total. The number of hydrogen-bond donors (Lipinski definition) is 2. The lowest BCUT2D eigenvalue weighted by molar-refractivity contribution is 0.212. The van der Waals surface area contributed by atoms with E-state index in [2.05, 4.69) is 65.1 Å². The Labute approximate surface area is 117 Å². The smallest absolute Gasteiger partial charge is 0.0651 e. The van der Waals surface area contributed by atoms with E-state index in [9.17, 15) is 5.11 Å². The van der Waals surface area contributed by atoms with Crippen LogP contribution in [-0.2, 0) is 0 Å². The molecule has 100 valence electrons. The number of aliphatic hydroxyl groups excluding tert-OH is 1. The van der Waals surface area contributed by atoms with E-state index >= 15 is 0 Å². The molecule has 4 heteroatoms. The number of halogens is 1. The van der Waals surface area contributed by atoms with Crippen molar-refractivity contribution in [3.8, 4) is 0 Å². The third kappa shape index (κ3) is 2.56. The van der Waals surface area contributed by atoms with Gasteiger partial charge in [0.15, 0.2) is 0 Å². The Bertz CT molecular complexity index is 434. The quantitative estimate of drug-likeness (QED) is 0.879. The van der Waals surface area contributed by atoms with Gasteiger partial charge in [0.2, 0.25) is 0 Å². The zero-order chi connectivity index (χ0) is 13.3. The van der Waals surface area contributed by atoms with Crippen LogP contribution in [0.25, 0.3) is 0 Å². The largest absolute Gasteiger partial charge is 0.394 e. The van der Waals surface area contributed by atoms with E-state index < -0.39 is 0 Å². The number of rotatable bonds is 2. The highest BCUT2D eigenvalue weighted by atomic mass is 79.9. The Balaban J connectivity index is 2.40.